The number of hydrogen-bond donors (Lipinski definition) is 3. The summed E-state index contributed by atoms with van der Waals surface area (Å²) in [6.07, 6.45) is 3.00. The molecule has 2 heterocycles. The third-order valence-electron chi connectivity index (χ3n) is 5.25. The number of nitrogen functional groups attached to an aromatic ring is 1. The molecule has 0 atom stereocenters. The Bertz CT molecular complexity index is 1110. The Balaban J connectivity index is 1.87. The van der Waals surface area contributed by atoms with Crippen LogP contribution in [0.1, 0.15) is 35.3 Å². The van der Waals surface area contributed by atoms with Crippen molar-refractivity contribution in [3.8, 4) is 11.1 Å². The van der Waals surface area contributed by atoms with Gasteiger partial charge in [0.25, 0.3) is 0 Å². The first-order valence-electron chi connectivity index (χ1n) is 10.9. The lowest BCUT2D eigenvalue weighted by Crippen LogP contribution is -2.26. The number of ketones is 1. The lowest BCUT2D eigenvalue weighted by Gasteiger charge is -2.11. The summed E-state index contributed by atoms with van der Waals surface area (Å²) >= 11 is 5.97. The van der Waals surface area contributed by atoms with E-state index >= 15 is 0 Å². The fourth-order valence-corrected chi connectivity index (χ4v) is 3.79. The van der Waals surface area contributed by atoms with E-state index in [0.29, 0.717) is 48.3 Å². The maximum atomic E-state index is 12.9. The number of nitrogens with two attached hydrogens (primary N) is 2. The first kappa shape index (κ1) is 24.5. The van der Waals surface area contributed by atoms with E-state index in [1.165, 1.54) is 6.33 Å². The van der Waals surface area contributed by atoms with Gasteiger partial charge in [-0.2, -0.15) is 0 Å². The first-order valence-corrected chi connectivity index (χ1v) is 11.4. The molecule has 0 saturated heterocycles. The second-order valence-corrected chi connectivity index (χ2v) is 7.93. The zero-order valence-corrected chi connectivity index (χ0v) is 19.4. The number of aromatic nitrogens is 3. The van der Waals surface area contributed by atoms with Crippen molar-refractivity contribution in [3.05, 3.63) is 41.9 Å². The van der Waals surface area contributed by atoms with Gasteiger partial charge >= 0.3 is 6.09 Å². The van der Waals surface area contributed by atoms with Gasteiger partial charge in [-0.1, -0.05) is 29.8 Å². The Morgan fingerprint density at radius 2 is 1.91 bits per heavy atom. The number of alkyl halides is 1. The number of amides is 1. The van der Waals surface area contributed by atoms with E-state index in [2.05, 4.69) is 15.3 Å². The quantitative estimate of drug-likeness (QED) is 0.221. The van der Waals surface area contributed by atoms with E-state index in [9.17, 15) is 9.59 Å². The number of hydrogen-bond acceptors (Lipinski definition) is 7. The maximum Gasteiger partial charge on any atom is 0.407 e. The molecule has 0 spiro atoms. The summed E-state index contributed by atoms with van der Waals surface area (Å²) in [4.78, 5) is 33.3. The highest BCUT2D eigenvalue weighted by atomic mass is 35.5. The molecule has 176 valence electrons. The topological polar surface area (TPSA) is 138 Å². The first-order chi connectivity index (χ1) is 16.0. The molecule has 2 aromatic heterocycles. The number of Topliss-reactive ketones (excluding diaryl/α,β-unsaturated/α-hetero) is 1. The standard InChI is InChI=1S/C23H29ClN6O3/c1-15-5-7-16(8-6-15)18-19-21(26)28-14-29-22(19)30(20(18)17(31)13-24)11-4-12-33-23(32)27-10-3-2-9-25/h5-8,14H,2-4,9-13,25H2,1H3,(H,27,32)(H2,26,28,29). The molecule has 0 aliphatic carbocycles. The number of aryl methyl sites for hydroxylation is 2. The molecule has 0 saturated carbocycles. The number of carbonyl (C=O) groups is 2. The molecule has 10 heteroatoms. The van der Waals surface area contributed by atoms with Crippen molar-refractivity contribution in [1.82, 2.24) is 19.9 Å². The van der Waals surface area contributed by atoms with Gasteiger partial charge in [-0.25, -0.2) is 14.8 Å². The minimum absolute atomic E-state index is 0.178. The summed E-state index contributed by atoms with van der Waals surface area (Å²) in [6.45, 7) is 3.66. The number of nitrogens with zero attached hydrogens (tertiary/aromatic N) is 3. The van der Waals surface area contributed by atoms with Gasteiger partial charge in [-0.05, 0) is 38.3 Å². The Labute approximate surface area is 197 Å². The number of rotatable bonds is 11. The van der Waals surface area contributed by atoms with Gasteiger partial charge in [0, 0.05) is 18.7 Å². The number of anilines is 1. The van der Waals surface area contributed by atoms with Gasteiger partial charge in [-0.15, -0.1) is 11.6 Å². The van der Waals surface area contributed by atoms with Gasteiger partial charge in [0.05, 0.1) is 23.6 Å². The normalized spacial score (nSPS) is 11.0. The molecule has 33 heavy (non-hydrogen) atoms. The third-order valence-corrected chi connectivity index (χ3v) is 5.50. The molecular weight excluding hydrogens is 444 g/mol. The highest BCUT2D eigenvalue weighted by molar-refractivity contribution is 6.32. The molecule has 1 aromatic carbocycles. The average molecular weight is 473 g/mol. The van der Waals surface area contributed by atoms with Crippen LogP contribution in [0.2, 0.25) is 0 Å². The zero-order valence-electron chi connectivity index (χ0n) is 18.6. The summed E-state index contributed by atoms with van der Waals surface area (Å²) in [6, 6.07) is 7.80. The minimum Gasteiger partial charge on any atom is -0.449 e. The van der Waals surface area contributed by atoms with Crippen LogP contribution < -0.4 is 16.8 Å². The molecule has 0 fully saturated rings. The Morgan fingerprint density at radius 1 is 1.15 bits per heavy atom. The number of alkyl carbamates (subject to hydrolysis) is 1. The van der Waals surface area contributed by atoms with Crippen LogP contribution >= 0.6 is 11.6 Å². The Hall–Kier alpha value is -3.17. The molecule has 0 aliphatic heterocycles. The van der Waals surface area contributed by atoms with E-state index in [0.717, 1.165) is 24.0 Å². The summed E-state index contributed by atoms with van der Waals surface area (Å²) in [7, 11) is 0. The molecule has 3 aromatic rings. The summed E-state index contributed by atoms with van der Waals surface area (Å²) in [5, 5.41) is 3.29. The second kappa shape index (κ2) is 11.6. The van der Waals surface area contributed by atoms with Gasteiger partial charge in [0.2, 0.25) is 0 Å². The Morgan fingerprint density at radius 3 is 2.61 bits per heavy atom. The number of fused-ring (bicyclic) bond motifs is 1. The number of benzene rings is 1. The van der Waals surface area contributed by atoms with E-state index in [-0.39, 0.29) is 24.1 Å². The number of ether oxygens (including phenoxy) is 1. The van der Waals surface area contributed by atoms with E-state index in [1.807, 2.05) is 31.2 Å². The fourth-order valence-electron chi connectivity index (χ4n) is 3.66. The number of halogens is 1. The number of nitrogens with one attached hydrogen (secondary N) is 1. The van der Waals surface area contributed by atoms with Crippen LogP contribution in [0.15, 0.2) is 30.6 Å². The lowest BCUT2D eigenvalue weighted by atomic mass is 10.00. The molecule has 1 amide bonds. The molecule has 5 N–H and O–H groups in total. The number of unbranched alkanes of at least 4 members (excludes halogenated alkanes) is 1. The molecular formula is C23H29ClN6O3. The average Bonchev–Trinajstić information content (AvgIpc) is 3.15. The minimum atomic E-state index is -0.478. The molecule has 0 radical (unpaired) electrons. The van der Waals surface area contributed by atoms with Crippen molar-refractivity contribution in [1.29, 1.82) is 0 Å². The molecule has 0 unspecified atom stereocenters. The second-order valence-electron chi connectivity index (χ2n) is 7.67. The highest BCUT2D eigenvalue weighted by Crippen LogP contribution is 2.37. The Kier molecular flexibility index (Phi) is 8.62. The molecule has 9 nitrogen and oxygen atoms in total. The molecule has 3 rings (SSSR count). The van der Waals surface area contributed by atoms with Crippen LogP contribution in [0.5, 0.6) is 0 Å². The predicted octanol–water partition coefficient (Wildman–Crippen LogP) is 3.27. The lowest BCUT2D eigenvalue weighted by molar-refractivity contribution is 0.101. The van der Waals surface area contributed by atoms with Gasteiger partial charge in [0.1, 0.15) is 17.8 Å². The van der Waals surface area contributed by atoms with Crippen molar-refractivity contribution in [2.45, 2.75) is 32.7 Å². The van der Waals surface area contributed by atoms with Crippen LogP contribution in [0.25, 0.3) is 22.2 Å². The van der Waals surface area contributed by atoms with Crippen LogP contribution in [-0.4, -0.2) is 52.0 Å². The summed E-state index contributed by atoms with van der Waals surface area (Å²) in [5.41, 5.74) is 15.2. The van der Waals surface area contributed by atoms with Crippen molar-refractivity contribution in [3.63, 3.8) is 0 Å². The fraction of sp³-hybridized carbons (Fsp3) is 0.391. The summed E-state index contributed by atoms with van der Waals surface area (Å²) in [5.74, 6) is -0.154. The largest absolute Gasteiger partial charge is 0.449 e. The monoisotopic (exact) mass is 472 g/mol. The smallest absolute Gasteiger partial charge is 0.407 e. The van der Waals surface area contributed by atoms with E-state index in [1.54, 1.807) is 4.57 Å². The van der Waals surface area contributed by atoms with Crippen molar-refractivity contribution in [2.24, 2.45) is 5.73 Å². The zero-order chi connectivity index (χ0) is 23.8. The molecule has 0 aliphatic rings. The van der Waals surface area contributed by atoms with Crippen LogP contribution in [0.4, 0.5) is 10.6 Å². The van der Waals surface area contributed by atoms with Crippen molar-refractivity contribution in [2.75, 3.05) is 31.3 Å². The molecule has 0 bridgehead atoms. The third kappa shape index (κ3) is 5.80. The van der Waals surface area contributed by atoms with Gasteiger partial charge in [0.15, 0.2) is 5.78 Å². The van der Waals surface area contributed by atoms with E-state index in [4.69, 9.17) is 27.8 Å². The van der Waals surface area contributed by atoms with Crippen LogP contribution in [-0.2, 0) is 11.3 Å². The van der Waals surface area contributed by atoms with Crippen molar-refractivity contribution >= 4 is 40.3 Å². The highest BCUT2D eigenvalue weighted by Gasteiger charge is 2.26. The van der Waals surface area contributed by atoms with Crippen LogP contribution in [0.3, 0.4) is 0 Å². The van der Waals surface area contributed by atoms with Gasteiger partial charge < -0.3 is 26.1 Å². The maximum absolute atomic E-state index is 12.9. The van der Waals surface area contributed by atoms with Gasteiger partial charge in [-0.3, -0.25) is 4.79 Å². The number of carbonyl (C=O) groups excluding carboxylic acids is 2. The van der Waals surface area contributed by atoms with Crippen LogP contribution in [0, 0.1) is 6.92 Å². The van der Waals surface area contributed by atoms with Crippen molar-refractivity contribution < 1.29 is 14.3 Å². The van der Waals surface area contributed by atoms with E-state index < -0.39 is 6.09 Å². The predicted molar refractivity (Wildman–Crippen MR) is 129 cm³/mol. The SMILES string of the molecule is Cc1ccc(-c2c(C(=O)CCl)n(CCCOC(=O)NCCCCN)c3ncnc(N)c23)cc1. The summed E-state index contributed by atoms with van der Waals surface area (Å²) < 4.78 is 7.04.